The summed E-state index contributed by atoms with van der Waals surface area (Å²) in [6.45, 7) is 4.63. The molecule has 0 unspecified atom stereocenters. The molecule has 2 amide bonds. The minimum Gasteiger partial charge on any atom is -0.378 e. The van der Waals surface area contributed by atoms with Crippen LogP contribution in [0, 0.1) is 0 Å². The molecule has 2 saturated heterocycles. The number of nitrogens with zero attached hydrogens (tertiary/aromatic N) is 2. The molecule has 0 bridgehead atoms. The topological polar surface area (TPSA) is 61.9 Å². The molecule has 1 N–H and O–H groups in total. The van der Waals surface area contributed by atoms with Crippen molar-refractivity contribution in [2.75, 3.05) is 42.6 Å². The maximum Gasteiger partial charge on any atom is 0.244 e. The molecule has 0 spiro atoms. The minimum absolute atomic E-state index is 0.133. The van der Waals surface area contributed by atoms with Gasteiger partial charge >= 0.3 is 0 Å². The zero-order chi connectivity index (χ0) is 20.8. The second kappa shape index (κ2) is 9.59. The smallest absolute Gasteiger partial charge is 0.244 e. The highest BCUT2D eigenvalue weighted by atomic mass is 16.5. The Labute approximate surface area is 177 Å². The first kappa shape index (κ1) is 20.2. The molecule has 2 aromatic rings. The molecule has 2 fully saturated rings. The minimum atomic E-state index is -0.133. The number of benzene rings is 2. The monoisotopic (exact) mass is 405 g/mol. The van der Waals surface area contributed by atoms with Crippen LogP contribution in [0.4, 0.5) is 11.4 Å². The molecule has 0 saturated carbocycles. The van der Waals surface area contributed by atoms with Crippen LogP contribution in [0.2, 0.25) is 0 Å². The highest BCUT2D eigenvalue weighted by molar-refractivity contribution is 5.95. The molecule has 4 rings (SSSR count). The molecular weight excluding hydrogens is 378 g/mol. The van der Waals surface area contributed by atoms with Crippen molar-refractivity contribution in [3.63, 3.8) is 0 Å². The lowest BCUT2D eigenvalue weighted by atomic mass is 10.1. The van der Waals surface area contributed by atoms with Crippen LogP contribution in [-0.4, -0.2) is 44.7 Å². The third kappa shape index (κ3) is 5.07. The fraction of sp³-hybridized carbons (Fsp3) is 0.333. The highest BCUT2D eigenvalue weighted by Crippen LogP contribution is 2.22. The Morgan fingerprint density at radius 2 is 1.67 bits per heavy atom. The Bertz CT molecular complexity index is 900. The van der Waals surface area contributed by atoms with Gasteiger partial charge in [0.1, 0.15) is 0 Å². The largest absolute Gasteiger partial charge is 0.378 e. The lowest BCUT2D eigenvalue weighted by Crippen LogP contribution is -2.36. The highest BCUT2D eigenvalue weighted by Gasteiger charge is 2.21. The van der Waals surface area contributed by atoms with Crippen molar-refractivity contribution in [1.29, 1.82) is 0 Å². The standard InChI is InChI=1S/C24H27N3O3/c28-23(12-7-19-3-10-22(11-4-19)27-13-1-2-24(27)29)25-18-20-5-8-21(9-6-20)26-14-16-30-17-15-26/h3-12H,1-2,13-18H2,(H,25,28). The predicted molar refractivity (Wildman–Crippen MR) is 118 cm³/mol. The zero-order valence-corrected chi connectivity index (χ0v) is 17.0. The van der Waals surface area contributed by atoms with Gasteiger partial charge in [-0.25, -0.2) is 0 Å². The molecule has 2 heterocycles. The van der Waals surface area contributed by atoms with Crippen molar-refractivity contribution in [3.05, 3.63) is 65.7 Å². The van der Waals surface area contributed by atoms with Crippen LogP contribution < -0.4 is 15.1 Å². The Balaban J connectivity index is 1.26. The lowest BCUT2D eigenvalue weighted by Gasteiger charge is -2.28. The molecule has 6 nitrogen and oxygen atoms in total. The van der Waals surface area contributed by atoms with Crippen LogP contribution in [-0.2, 0) is 20.9 Å². The SMILES string of the molecule is O=C(C=Cc1ccc(N2CCCC2=O)cc1)NCc1ccc(N2CCOCC2)cc1. The average Bonchev–Trinajstić information content (AvgIpc) is 3.23. The third-order valence-corrected chi connectivity index (χ3v) is 5.48. The molecule has 0 aliphatic carbocycles. The fourth-order valence-corrected chi connectivity index (χ4v) is 3.75. The first-order chi connectivity index (χ1) is 14.7. The van der Waals surface area contributed by atoms with E-state index in [-0.39, 0.29) is 11.8 Å². The van der Waals surface area contributed by atoms with Gasteiger partial charge in [-0.3, -0.25) is 9.59 Å². The van der Waals surface area contributed by atoms with Crippen molar-refractivity contribution < 1.29 is 14.3 Å². The molecule has 2 aromatic carbocycles. The summed E-state index contributed by atoms with van der Waals surface area (Å²) in [6, 6.07) is 16.0. The van der Waals surface area contributed by atoms with E-state index in [9.17, 15) is 9.59 Å². The molecule has 156 valence electrons. The first-order valence-corrected chi connectivity index (χ1v) is 10.5. The summed E-state index contributed by atoms with van der Waals surface area (Å²) in [5, 5.41) is 2.92. The number of nitrogens with one attached hydrogen (secondary N) is 1. The van der Waals surface area contributed by atoms with Crippen LogP contribution in [0.3, 0.4) is 0 Å². The second-order valence-corrected chi connectivity index (χ2v) is 7.56. The number of hydrogen-bond acceptors (Lipinski definition) is 4. The van der Waals surface area contributed by atoms with Gasteiger partial charge in [-0.05, 0) is 47.9 Å². The van der Waals surface area contributed by atoms with Crippen LogP contribution >= 0.6 is 0 Å². The summed E-state index contributed by atoms with van der Waals surface area (Å²) in [5.41, 5.74) is 4.09. The Morgan fingerprint density at radius 1 is 0.967 bits per heavy atom. The van der Waals surface area contributed by atoms with E-state index < -0.39 is 0 Å². The van der Waals surface area contributed by atoms with E-state index in [0.717, 1.165) is 56.1 Å². The zero-order valence-electron chi connectivity index (χ0n) is 17.0. The van der Waals surface area contributed by atoms with Gasteiger partial charge in [-0.1, -0.05) is 24.3 Å². The van der Waals surface area contributed by atoms with Crippen molar-refractivity contribution >= 4 is 29.3 Å². The van der Waals surface area contributed by atoms with Gasteiger partial charge in [0.05, 0.1) is 13.2 Å². The van der Waals surface area contributed by atoms with Gasteiger partial charge in [-0.2, -0.15) is 0 Å². The van der Waals surface area contributed by atoms with Crippen LogP contribution in [0.1, 0.15) is 24.0 Å². The number of carbonyl (C=O) groups is 2. The van der Waals surface area contributed by atoms with E-state index in [1.54, 1.807) is 6.08 Å². The lowest BCUT2D eigenvalue weighted by molar-refractivity contribution is -0.117. The van der Waals surface area contributed by atoms with Crippen molar-refractivity contribution in [3.8, 4) is 0 Å². The molecule has 2 aliphatic rings. The molecular formula is C24H27N3O3. The van der Waals surface area contributed by atoms with Crippen LogP contribution in [0.25, 0.3) is 6.08 Å². The summed E-state index contributed by atoms with van der Waals surface area (Å²) in [5.74, 6) is 0.0432. The maximum absolute atomic E-state index is 12.2. The molecule has 30 heavy (non-hydrogen) atoms. The normalized spacial score (nSPS) is 17.0. The van der Waals surface area contributed by atoms with Crippen molar-refractivity contribution in [2.45, 2.75) is 19.4 Å². The summed E-state index contributed by atoms with van der Waals surface area (Å²) < 4.78 is 5.39. The van der Waals surface area contributed by atoms with Crippen LogP contribution in [0.5, 0.6) is 0 Å². The quantitative estimate of drug-likeness (QED) is 0.751. The summed E-state index contributed by atoms with van der Waals surface area (Å²) in [6.07, 6.45) is 4.86. The number of amides is 2. The van der Waals surface area contributed by atoms with E-state index in [4.69, 9.17) is 4.74 Å². The Hall–Kier alpha value is -3.12. The van der Waals surface area contributed by atoms with Crippen LogP contribution in [0.15, 0.2) is 54.6 Å². The number of morpholine rings is 1. The molecule has 6 heteroatoms. The van der Waals surface area contributed by atoms with E-state index in [2.05, 4.69) is 22.3 Å². The average molecular weight is 405 g/mol. The van der Waals surface area contributed by atoms with Crippen molar-refractivity contribution in [2.24, 2.45) is 0 Å². The summed E-state index contributed by atoms with van der Waals surface area (Å²) in [4.78, 5) is 28.1. The number of carbonyl (C=O) groups excluding carboxylic acids is 2. The number of rotatable bonds is 6. The molecule has 2 aliphatic heterocycles. The number of ether oxygens (including phenoxy) is 1. The van der Waals surface area contributed by atoms with Gasteiger partial charge in [-0.15, -0.1) is 0 Å². The van der Waals surface area contributed by atoms with E-state index >= 15 is 0 Å². The number of anilines is 2. The van der Waals surface area contributed by atoms with E-state index in [1.807, 2.05) is 41.3 Å². The third-order valence-electron chi connectivity index (χ3n) is 5.48. The van der Waals surface area contributed by atoms with Gasteiger partial charge < -0.3 is 19.9 Å². The van der Waals surface area contributed by atoms with Gasteiger partial charge in [0, 0.05) is 50.1 Å². The Kier molecular flexibility index (Phi) is 6.44. The maximum atomic E-state index is 12.2. The Morgan fingerprint density at radius 3 is 2.33 bits per heavy atom. The summed E-state index contributed by atoms with van der Waals surface area (Å²) in [7, 11) is 0. The predicted octanol–water partition coefficient (Wildman–Crippen LogP) is 2.98. The molecule has 0 atom stereocenters. The van der Waals surface area contributed by atoms with Crippen molar-refractivity contribution in [1.82, 2.24) is 5.32 Å². The summed E-state index contributed by atoms with van der Waals surface area (Å²) >= 11 is 0. The first-order valence-electron chi connectivity index (χ1n) is 10.5. The van der Waals surface area contributed by atoms with E-state index in [1.165, 1.54) is 11.8 Å². The van der Waals surface area contributed by atoms with Gasteiger partial charge in [0.25, 0.3) is 0 Å². The van der Waals surface area contributed by atoms with Gasteiger partial charge in [0.15, 0.2) is 0 Å². The molecule has 0 aromatic heterocycles. The molecule has 0 radical (unpaired) electrons. The van der Waals surface area contributed by atoms with E-state index in [0.29, 0.717) is 13.0 Å². The number of hydrogen-bond donors (Lipinski definition) is 1. The van der Waals surface area contributed by atoms with Gasteiger partial charge in [0.2, 0.25) is 11.8 Å². The second-order valence-electron chi connectivity index (χ2n) is 7.56. The fourth-order valence-electron chi connectivity index (χ4n) is 3.75.